The molecule has 1 aromatic carbocycles. The molecule has 3 aromatic rings. The monoisotopic (exact) mass is 422 g/mol. The van der Waals surface area contributed by atoms with Crippen molar-refractivity contribution in [1.29, 1.82) is 0 Å². The van der Waals surface area contributed by atoms with E-state index in [1.165, 1.54) is 5.56 Å². The van der Waals surface area contributed by atoms with Crippen molar-refractivity contribution in [2.24, 2.45) is 0 Å². The summed E-state index contributed by atoms with van der Waals surface area (Å²) in [7, 11) is 1.72. The zero-order valence-electron chi connectivity index (χ0n) is 19.2. The zero-order chi connectivity index (χ0) is 22.7. The van der Waals surface area contributed by atoms with Crippen LogP contribution in [0.15, 0.2) is 24.3 Å². The molecule has 7 heteroatoms. The summed E-state index contributed by atoms with van der Waals surface area (Å²) in [5, 5.41) is 4.45. The SMILES string of the molecule is Cc1ccc(CN(C)C(=O)COC(=O)CCc2c(C)nc3cc(C)nn3c2C)c(C)c1. The second-order valence-corrected chi connectivity index (χ2v) is 8.16. The minimum absolute atomic E-state index is 0.184. The van der Waals surface area contributed by atoms with Gasteiger partial charge in [-0.2, -0.15) is 5.10 Å². The van der Waals surface area contributed by atoms with E-state index in [9.17, 15) is 9.59 Å². The number of rotatable bonds is 7. The molecule has 0 aliphatic rings. The Balaban J connectivity index is 1.53. The van der Waals surface area contributed by atoms with E-state index in [0.29, 0.717) is 13.0 Å². The van der Waals surface area contributed by atoms with Gasteiger partial charge < -0.3 is 9.64 Å². The van der Waals surface area contributed by atoms with Crippen LogP contribution in [0, 0.1) is 34.6 Å². The molecule has 3 rings (SSSR count). The van der Waals surface area contributed by atoms with Gasteiger partial charge in [-0.15, -0.1) is 0 Å². The Kier molecular flexibility index (Phi) is 6.73. The fourth-order valence-corrected chi connectivity index (χ4v) is 3.72. The number of esters is 1. The van der Waals surface area contributed by atoms with Crippen molar-refractivity contribution in [1.82, 2.24) is 19.5 Å². The molecule has 0 atom stereocenters. The lowest BCUT2D eigenvalue weighted by Gasteiger charge is -2.19. The molecular weight excluding hydrogens is 392 g/mol. The maximum absolute atomic E-state index is 12.4. The Bertz CT molecular complexity index is 1130. The molecule has 1 amide bonds. The lowest BCUT2D eigenvalue weighted by atomic mass is 10.1. The van der Waals surface area contributed by atoms with Crippen molar-refractivity contribution >= 4 is 17.5 Å². The van der Waals surface area contributed by atoms with Gasteiger partial charge in [0.05, 0.1) is 5.69 Å². The van der Waals surface area contributed by atoms with Crippen molar-refractivity contribution in [3.05, 3.63) is 63.6 Å². The Hall–Kier alpha value is -3.22. The highest BCUT2D eigenvalue weighted by atomic mass is 16.5. The molecule has 0 saturated heterocycles. The molecule has 164 valence electrons. The number of hydrogen-bond acceptors (Lipinski definition) is 5. The van der Waals surface area contributed by atoms with Crippen LogP contribution in [-0.2, 0) is 27.3 Å². The summed E-state index contributed by atoms with van der Waals surface area (Å²) in [6.45, 7) is 10.1. The highest BCUT2D eigenvalue weighted by Crippen LogP contribution is 2.17. The van der Waals surface area contributed by atoms with Crippen LogP contribution < -0.4 is 0 Å². The first-order chi connectivity index (χ1) is 14.7. The van der Waals surface area contributed by atoms with E-state index in [4.69, 9.17) is 4.74 Å². The van der Waals surface area contributed by atoms with E-state index < -0.39 is 5.97 Å². The summed E-state index contributed by atoms with van der Waals surface area (Å²) < 4.78 is 7.03. The molecule has 0 radical (unpaired) electrons. The van der Waals surface area contributed by atoms with Gasteiger partial charge in [0.1, 0.15) is 0 Å². The van der Waals surface area contributed by atoms with Gasteiger partial charge in [0.2, 0.25) is 0 Å². The van der Waals surface area contributed by atoms with Gasteiger partial charge in [-0.3, -0.25) is 9.59 Å². The summed E-state index contributed by atoms with van der Waals surface area (Å²) >= 11 is 0. The first-order valence-corrected chi connectivity index (χ1v) is 10.4. The zero-order valence-corrected chi connectivity index (χ0v) is 19.2. The fraction of sp³-hybridized carbons (Fsp3) is 0.417. The van der Waals surface area contributed by atoms with Crippen LogP contribution in [-0.4, -0.2) is 45.0 Å². The van der Waals surface area contributed by atoms with Gasteiger partial charge in [-0.05, 0) is 57.7 Å². The van der Waals surface area contributed by atoms with Crippen molar-refractivity contribution < 1.29 is 14.3 Å². The van der Waals surface area contributed by atoms with E-state index in [1.807, 2.05) is 52.8 Å². The Morgan fingerprint density at radius 1 is 1.10 bits per heavy atom. The van der Waals surface area contributed by atoms with Gasteiger partial charge in [-0.1, -0.05) is 23.8 Å². The average Bonchev–Trinajstić information content (AvgIpc) is 3.08. The number of ether oxygens (including phenoxy) is 1. The maximum Gasteiger partial charge on any atom is 0.306 e. The highest BCUT2D eigenvalue weighted by Gasteiger charge is 2.16. The smallest absolute Gasteiger partial charge is 0.306 e. The highest BCUT2D eigenvalue weighted by molar-refractivity contribution is 5.80. The third kappa shape index (κ3) is 5.29. The summed E-state index contributed by atoms with van der Waals surface area (Å²) in [6.07, 6.45) is 0.675. The van der Waals surface area contributed by atoms with E-state index in [0.717, 1.165) is 39.4 Å². The van der Waals surface area contributed by atoms with Crippen LogP contribution in [0.3, 0.4) is 0 Å². The summed E-state index contributed by atoms with van der Waals surface area (Å²) in [6, 6.07) is 8.07. The summed E-state index contributed by atoms with van der Waals surface area (Å²) in [4.78, 5) is 30.8. The fourth-order valence-electron chi connectivity index (χ4n) is 3.72. The number of carbonyl (C=O) groups is 2. The largest absolute Gasteiger partial charge is 0.456 e. The average molecular weight is 423 g/mol. The first kappa shape index (κ1) is 22.5. The molecule has 0 aliphatic heterocycles. The van der Waals surface area contributed by atoms with Crippen molar-refractivity contribution in [2.75, 3.05) is 13.7 Å². The normalized spacial score (nSPS) is 11.0. The predicted molar refractivity (Wildman–Crippen MR) is 119 cm³/mol. The second kappa shape index (κ2) is 9.29. The van der Waals surface area contributed by atoms with Gasteiger partial charge in [-0.25, -0.2) is 9.50 Å². The standard InChI is InChI=1S/C24H30N4O3/c1-15-7-8-20(16(2)11-15)13-27(6)23(29)14-31-24(30)10-9-21-18(4)25-22-12-17(3)26-28(22)19(21)5/h7-8,11-12H,9-10,13-14H2,1-6H3. The van der Waals surface area contributed by atoms with Crippen LogP contribution in [0.4, 0.5) is 0 Å². The van der Waals surface area contributed by atoms with Crippen molar-refractivity contribution in [3.63, 3.8) is 0 Å². The van der Waals surface area contributed by atoms with Gasteiger partial charge >= 0.3 is 5.97 Å². The van der Waals surface area contributed by atoms with Crippen LogP contribution in [0.25, 0.3) is 5.65 Å². The number of hydrogen-bond donors (Lipinski definition) is 0. The van der Waals surface area contributed by atoms with Crippen LogP contribution in [0.1, 0.15) is 45.8 Å². The molecule has 0 saturated carbocycles. The molecule has 2 aromatic heterocycles. The van der Waals surface area contributed by atoms with Crippen LogP contribution in [0.2, 0.25) is 0 Å². The molecule has 0 fully saturated rings. The lowest BCUT2D eigenvalue weighted by Crippen LogP contribution is -2.31. The number of carbonyl (C=O) groups excluding carboxylic acids is 2. The Morgan fingerprint density at radius 2 is 1.84 bits per heavy atom. The van der Waals surface area contributed by atoms with Gasteiger partial charge in [0.25, 0.3) is 5.91 Å². The molecule has 0 aliphatic carbocycles. The van der Waals surface area contributed by atoms with Gasteiger partial charge in [0.15, 0.2) is 12.3 Å². The number of fused-ring (bicyclic) bond motifs is 1. The molecule has 2 heterocycles. The quantitative estimate of drug-likeness (QED) is 0.546. The minimum atomic E-state index is -0.399. The third-order valence-electron chi connectivity index (χ3n) is 5.55. The number of aromatic nitrogens is 3. The molecule has 31 heavy (non-hydrogen) atoms. The van der Waals surface area contributed by atoms with E-state index in [-0.39, 0.29) is 18.9 Å². The van der Waals surface area contributed by atoms with Gasteiger partial charge in [0, 0.05) is 37.5 Å². The maximum atomic E-state index is 12.4. The van der Waals surface area contributed by atoms with Crippen molar-refractivity contribution in [3.8, 4) is 0 Å². The van der Waals surface area contributed by atoms with E-state index in [2.05, 4.69) is 16.1 Å². The first-order valence-electron chi connectivity index (χ1n) is 10.4. The number of benzene rings is 1. The van der Waals surface area contributed by atoms with Crippen LogP contribution >= 0.6 is 0 Å². The Morgan fingerprint density at radius 3 is 2.55 bits per heavy atom. The molecule has 7 nitrogen and oxygen atoms in total. The minimum Gasteiger partial charge on any atom is -0.456 e. The topological polar surface area (TPSA) is 76.8 Å². The Labute approximate surface area is 183 Å². The van der Waals surface area contributed by atoms with E-state index in [1.54, 1.807) is 16.5 Å². The van der Waals surface area contributed by atoms with Crippen LogP contribution in [0.5, 0.6) is 0 Å². The molecular formula is C24H30N4O3. The predicted octanol–water partition coefficient (Wildman–Crippen LogP) is 3.41. The summed E-state index contributed by atoms with van der Waals surface area (Å²) in [5.74, 6) is -0.625. The number of nitrogens with zero attached hydrogens (tertiary/aromatic N) is 4. The van der Waals surface area contributed by atoms with E-state index >= 15 is 0 Å². The number of amides is 1. The number of aryl methyl sites for hydroxylation is 5. The second-order valence-electron chi connectivity index (χ2n) is 8.16. The molecule has 0 unspecified atom stereocenters. The third-order valence-corrected chi connectivity index (χ3v) is 5.55. The molecule has 0 bridgehead atoms. The lowest BCUT2D eigenvalue weighted by molar-refractivity contribution is -0.151. The van der Waals surface area contributed by atoms with Crippen molar-refractivity contribution in [2.45, 2.75) is 54.0 Å². The molecule has 0 spiro atoms. The molecule has 0 N–H and O–H groups in total. The number of likely N-dealkylation sites (N-methyl/N-ethyl adjacent to an activating group) is 1. The summed E-state index contributed by atoms with van der Waals surface area (Å²) in [5.41, 5.74) is 7.93.